The van der Waals surface area contributed by atoms with E-state index in [0.717, 1.165) is 0 Å². The van der Waals surface area contributed by atoms with Crippen molar-refractivity contribution >= 4 is 19.5 Å². The molecule has 272 valence electrons. The first-order chi connectivity index (χ1) is 20.5. The van der Waals surface area contributed by atoms with Gasteiger partial charge in [-0.25, -0.2) is 0 Å². The Morgan fingerprint density at radius 3 is 0.848 bits per heavy atom. The van der Waals surface area contributed by atoms with E-state index in [1.54, 1.807) is 96.3 Å². The van der Waals surface area contributed by atoms with Crippen molar-refractivity contribution in [1.82, 2.24) is 0 Å². The summed E-state index contributed by atoms with van der Waals surface area (Å²) in [6.07, 6.45) is 26.5. The number of ketones is 2. The van der Waals surface area contributed by atoms with Gasteiger partial charge < -0.3 is 10.2 Å². The minimum absolute atomic E-state index is 0. The minimum Gasteiger partial charge on any atom is -0.512 e. The molecule has 0 unspecified atom stereocenters. The smallest absolute Gasteiger partial charge is 0.164 e. The molecule has 3 aliphatic rings. The molecule has 0 bridgehead atoms. The first-order valence-electron chi connectivity index (χ1n) is 18.3. The Balaban J connectivity index is 0.000000677. The number of carbonyl (C=O) groups is 2. The summed E-state index contributed by atoms with van der Waals surface area (Å²) in [6.45, 7) is 22.2. The van der Waals surface area contributed by atoms with Gasteiger partial charge in [0.25, 0.3) is 0 Å². The number of allylic oxidation sites excluding steroid dienone is 4. The maximum atomic E-state index is 11.5. The van der Waals surface area contributed by atoms with E-state index in [2.05, 4.69) is 0 Å². The Morgan fingerprint density at radius 2 is 0.674 bits per heavy atom. The zero-order chi connectivity index (χ0) is 34.6. The largest absolute Gasteiger partial charge is 0.512 e. The van der Waals surface area contributed by atoms with Gasteiger partial charge in [0.05, 0.1) is 17.0 Å². The fourth-order valence-electron chi connectivity index (χ4n) is 6.42. The molecule has 3 saturated carbocycles. The third-order valence-electron chi connectivity index (χ3n) is 9.78. The Morgan fingerprint density at radius 1 is 0.457 bits per heavy atom. The van der Waals surface area contributed by atoms with E-state index < -0.39 is 10.8 Å². The first-order valence-corrected chi connectivity index (χ1v) is 20.1. The molecular weight excluding hydrogens is 682 g/mol. The normalized spacial score (nSPS) is 20.1. The summed E-state index contributed by atoms with van der Waals surface area (Å²) in [5.41, 5.74) is 2.15. The molecule has 3 rings (SSSR count). The van der Waals surface area contributed by atoms with E-state index >= 15 is 0 Å². The molecule has 0 aromatic rings. The van der Waals surface area contributed by atoms with Crippen LogP contribution >= 0.6 is 7.92 Å². The monoisotopic (exact) mass is 755 g/mol. The van der Waals surface area contributed by atoms with Gasteiger partial charge in [-0.05, 0) is 77.0 Å². The third kappa shape index (κ3) is 17.3. The van der Waals surface area contributed by atoms with Crippen molar-refractivity contribution in [1.29, 1.82) is 0 Å². The average Bonchev–Trinajstić information content (AvgIpc) is 2.93. The molecular formula is C40H74O4PPd+. The molecule has 0 atom stereocenters. The quantitative estimate of drug-likeness (QED) is 0.127. The second kappa shape index (κ2) is 20.2. The van der Waals surface area contributed by atoms with E-state index in [-0.39, 0.29) is 62.3 Å². The van der Waals surface area contributed by atoms with Gasteiger partial charge in [-0.2, -0.15) is 0 Å². The Hall–Kier alpha value is -0.488. The van der Waals surface area contributed by atoms with E-state index in [0.29, 0.717) is 0 Å². The summed E-state index contributed by atoms with van der Waals surface area (Å²) in [5, 5.41) is 19.1. The Bertz CT molecular complexity index is 858. The summed E-state index contributed by atoms with van der Waals surface area (Å²) < 4.78 is 0. The molecule has 0 aliphatic heterocycles. The van der Waals surface area contributed by atoms with Crippen molar-refractivity contribution in [2.45, 2.75) is 196 Å². The van der Waals surface area contributed by atoms with Crippen LogP contribution < -0.4 is 0 Å². The van der Waals surface area contributed by atoms with Gasteiger partial charge in [0.2, 0.25) is 0 Å². The number of hydrogen-bond acceptors (Lipinski definition) is 4. The van der Waals surface area contributed by atoms with Crippen molar-refractivity contribution in [2.24, 2.45) is 21.7 Å². The number of aliphatic hydroxyl groups is 2. The van der Waals surface area contributed by atoms with Crippen molar-refractivity contribution in [3.8, 4) is 0 Å². The molecule has 3 aliphatic carbocycles. The molecule has 4 nitrogen and oxygen atoms in total. The van der Waals surface area contributed by atoms with Gasteiger partial charge in [-0.1, -0.05) is 102 Å². The average molecular weight is 756 g/mol. The SMILES string of the molecule is C1CCC([PH+](C2CCCCC2)C2CCCCC2)CC1.CC(C)(C)C(=O)/C=C(\O)C(C)(C)C.CC(C)(C)C(=O)/C=C(\O)C(C)(C)C.[Pd]. The predicted molar refractivity (Wildman–Crippen MR) is 198 cm³/mol. The maximum Gasteiger partial charge on any atom is 0.164 e. The molecule has 46 heavy (non-hydrogen) atoms. The first kappa shape index (κ1) is 45.5. The van der Waals surface area contributed by atoms with Crippen LogP contribution in [0.3, 0.4) is 0 Å². The zero-order valence-corrected chi connectivity index (χ0v) is 34.6. The summed E-state index contributed by atoms with van der Waals surface area (Å²) in [6, 6.07) is 0. The molecule has 0 amide bonds. The number of carbonyl (C=O) groups excluding carboxylic acids is 2. The number of aliphatic hydroxyl groups excluding tert-OH is 2. The van der Waals surface area contributed by atoms with Gasteiger partial charge in [0.15, 0.2) is 11.6 Å². The van der Waals surface area contributed by atoms with Crippen LogP contribution in [0, 0.1) is 21.7 Å². The van der Waals surface area contributed by atoms with Crippen LogP contribution in [0.25, 0.3) is 0 Å². The summed E-state index contributed by atoms with van der Waals surface area (Å²) in [4.78, 5) is 23.0. The summed E-state index contributed by atoms with van der Waals surface area (Å²) in [7, 11) is -0.0465. The fraction of sp³-hybridized carbons (Fsp3) is 0.850. The molecule has 3 fully saturated rings. The van der Waals surface area contributed by atoms with Crippen molar-refractivity contribution in [2.75, 3.05) is 0 Å². The molecule has 0 aromatic heterocycles. The van der Waals surface area contributed by atoms with Crippen LogP contribution in [0.15, 0.2) is 23.7 Å². The van der Waals surface area contributed by atoms with Gasteiger partial charge in [0.1, 0.15) is 11.5 Å². The van der Waals surface area contributed by atoms with Crippen molar-refractivity contribution in [3.63, 3.8) is 0 Å². The van der Waals surface area contributed by atoms with Gasteiger partial charge in [-0.3, -0.25) is 9.59 Å². The van der Waals surface area contributed by atoms with E-state index in [1.807, 2.05) is 83.1 Å². The molecule has 0 saturated heterocycles. The third-order valence-corrected chi connectivity index (χ3v) is 14.3. The fourth-order valence-corrected chi connectivity index (χ4v) is 11.6. The van der Waals surface area contributed by atoms with Gasteiger partial charge >= 0.3 is 0 Å². The molecule has 0 spiro atoms. The molecule has 0 aromatic carbocycles. The van der Waals surface area contributed by atoms with Crippen LogP contribution in [0.4, 0.5) is 0 Å². The number of rotatable bonds is 5. The van der Waals surface area contributed by atoms with Crippen LogP contribution in [-0.2, 0) is 30.0 Å². The summed E-state index contributed by atoms with van der Waals surface area (Å²) in [5.74, 6) is 0.208. The predicted octanol–water partition coefficient (Wildman–Crippen LogP) is 12.4. The van der Waals surface area contributed by atoms with Crippen molar-refractivity contribution in [3.05, 3.63) is 23.7 Å². The Kier molecular flexibility index (Phi) is 20.0. The van der Waals surface area contributed by atoms with Gasteiger partial charge in [0, 0.05) is 62.2 Å². The topological polar surface area (TPSA) is 74.6 Å². The second-order valence-corrected chi connectivity index (χ2v) is 21.7. The molecule has 0 radical (unpaired) electrons. The van der Waals surface area contributed by atoms with Crippen LogP contribution in [0.2, 0.25) is 0 Å². The van der Waals surface area contributed by atoms with Crippen LogP contribution in [0.5, 0.6) is 0 Å². The zero-order valence-electron chi connectivity index (χ0n) is 32.0. The van der Waals surface area contributed by atoms with E-state index in [1.165, 1.54) is 29.1 Å². The van der Waals surface area contributed by atoms with Crippen LogP contribution in [-0.4, -0.2) is 38.8 Å². The standard InChI is InChI=1S/C18H33P.2C11H20O2.Pd/c1-4-10-16(11-5-1)19(17-12-6-2-7-13-17)18-14-8-3-9-15-18;2*1-10(2,3)8(12)7-9(13)11(4,5)6;/h16-18H,1-15H2;2*7,12H,1-6H3;/p+1/b;2*8-7-;. The Labute approximate surface area is 300 Å². The molecule has 2 N–H and O–H groups in total. The van der Waals surface area contributed by atoms with Crippen LogP contribution in [0.1, 0.15) is 179 Å². The second-order valence-electron chi connectivity index (χ2n) is 18.3. The van der Waals surface area contributed by atoms with Gasteiger partial charge in [-0.15, -0.1) is 0 Å². The minimum atomic E-state index is -0.417. The van der Waals surface area contributed by atoms with E-state index in [9.17, 15) is 19.8 Å². The molecule has 0 heterocycles. The van der Waals surface area contributed by atoms with Crippen molar-refractivity contribution < 1.29 is 40.2 Å². The van der Waals surface area contributed by atoms with E-state index in [4.69, 9.17) is 0 Å². The molecule has 6 heteroatoms. The summed E-state index contributed by atoms with van der Waals surface area (Å²) >= 11 is 0. The number of hydrogen-bond donors (Lipinski definition) is 2. The maximum absolute atomic E-state index is 11.5.